The van der Waals surface area contributed by atoms with Crippen LogP contribution < -0.4 is 10.1 Å². The third-order valence-electron chi connectivity index (χ3n) is 9.21. The maximum Gasteiger partial charge on any atom is 0.222 e. The van der Waals surface area contributed by atoms with E-state index in [2.05, 4.69) is 22.4 Å². The van der Waals surface area contributed by atoms with Gasteiger partial charge in [0, 0.05) is 60.1 Å². The average Bonchev–Trinajstić information content (AvgIpc) is 4.04. The minimum absolute atomic E-state index is 0.212. The molecule has 2 aliphatic rings. The first-order valence-electron chi connectivity index (χ1n) is 16.5. The van der Waals surface area contributed by atoms with E-state index in [4.69, 9.17) is 33.0 Å². The first-order valence-corrected chi connectivity index (χ1v) is 17.3. The lowest BCUT2D eigenvalue weighted by molar-refractivity contribution is -0.138. The summed E-state index contributed by atoms with van der Waals surface area (Å²) in [5.74, 6) is 0.657. The van der Waals surface area contributed by atoms with Crippen molar-refractivity contribution in [2.45, 2.75) is 94.0 Å². The summed E-state index contributed by atoms with van der Waals surface area (Å²) in [6, 6.07) is 14.0. The van der Waals surface area contributed by atoms with Crippen LogP contribution in [0.5, 0.6) is 5.75 Å². The van der Waals surface area contributed by atoms with Gasteiger partial charge in [-0.15, -0.1) is 0 Å². The van der Waals surface area contributed by atoms with E-state index < -0.39 is 31.0 Å². The van der Waals surface area contributed by atoms with Crippen LogP contribution in [0.3, 0.4) is 0 Å². The van der Waals surface area contributed by atoms with Gasteiger partial charge in [0.25, 0.3) is 0 Å². The number of hydrogen-bond donors (Lipinski definition) is 6. The molecule has 2 saturated carbocycles. The average molecular weight is 703 g/mol. The topological polar surface area (TPSA) is 156 Å². The lowest BCUT2D eigenvalue weighted by Crippen LogP contribution is -2.49. The number of hydrogen-bond acceptors (Lipinski definition) is 9. The first-order chi connectivity index (χ1) is 23.0. The number of amides is 1. The minimum Gasteiger partial charge on any atom is -0.490 e. The molecule has 0 aliphatic heterocycles. The molecule has 4 atom stereocenters. The summed E-state index contributed by atoms with van der Waals surface area (Å²) >= 11 is 13.4. The predicted molar refractivity (Wildman–Crippen MR) is 184 cm³/mol. The highest BCUT2D eigenvalue weighted by Crippen LogP contribution is 2.50. The number of carbonyl (C=O) groups excluding carboxylic acids is 1. The van der Waals surface area contributed by atoms with Gasteiger partial charge in [-0.2, -0.15) is 0 Å². The van der Waals surface area contributed by atoms with E-state index in [1.165, 1.54) is 11.9 Å². The second-order valence-electron chi connectivity index (χ2n) is 13.0. The molecule has 0 bridgehead atoms. The van der Waals surface area contributed by atoms with Crippen molar-refractivity contribution in [3.05, 3.63) is 81.6 Å². The summed E-state index contributed by atoms with van der Waals surface area (Å²) in [6.45, 7) is -0.475. The molecule has 1 aromatic heterocycles. The molecule has 0 spiro atoms. The first kappa shape index (κ1) is 36.5. The van der Waals surface area contributed by atoms with Gasteiger partial charge in [-0.25, -0.2) is 0 Å². The number of para-hydroxylation sites is 1. The van der Waals surface area contributed by atoms with Crippen LogP contribution in [0, 0.1) is 0 Å². The zero-order valence-electron chi connectivity index (χ0n) is 27.1. The Hall–Kier alpha value is -2.80. The van der Waals surface area contributed by atoms with Crippen molar-refractivity contribution < 1.29 is 35.1 Å². The van der Waals surface area contributed by atoms with E-state index in [0.29, 0.717) is 42.0 Å². The van der Waals surface area contributed by atoms with Crippen molar-refractivity contribution in [1.82, 2.24) is 15.2 Å². The number of nitrogens with one attached hydrogen (secondary N) is 1. The van der Waals surface area contributed by atoms with Gasteiger partial charge in [-0.1, -0.05) is 41.4 Å². The number of unbranched alkanes of at least 4 members (excludes halogenated alkanes) is 1. The van der Waals surface area contributed by atoms with Gasteiger partial charge in [0.1, 0.15) is 30.2 Å². The molecule has 1 heterocycles. The fourth-order valence-electron chi connectivity index (χ4n) is 5.89. The Balaban J connectivity index is 1.13. The number of aliphatic hydroxyl groups is 5. The Kier molecular flexibility index (Phi) is 12.4. The van der Waals surface area contributed by atoms with Crippen LogP contribution >= 0.6 is 23.2 Å². The number of carbonyl (C=O) groups is 1. The molecule has 2 aromatic carbocycles. The SMILES string of the molecule is CN(C[C@@H](O)[C@H](O)[C@@H](O)[C@@H](O)CO)C(=O)CCCCc1cc(Cl)c(CNC2(c3cnccc3-c3ccccc3OC3CC3)CC2)cc1Cl. The minimum atomic E-state index is -1.74. The fourth-order valence-corrected chi connectivity index (χ4v) is 6.43. The molecule has 3 aromatic rings. The van der Waals surface area contributed by atoms with Crippen LogP contribution in [-0.4, -0.2) is 92.0 Å². The lowest BCUT2D eigenvalue weighted by atomic mass is 9.94. The van der Waals surface area contributed by atoms with Crippen LogP contribution in [-0.2, 0) is 23.3 Å². The number of aryl methyl sites for hydroxylation is 1. The van der Waals surface area contributed by atoms with Gasteiger partial charge in [0.2, 0.25) is 5.91 Å². The summed E-state index contributed by atoms with van der Waals surface area (Å²) in [4.78, 5) is 18.3. The van der Waals surface area contributed by atoms with Crippen LogP contribution in [0.4, 0.5) is 0 Å². The van der Waals surface area contributed by atoms with Gasteiger partial charge in [-0.05, 0) is 91.5 Å². The van der Waals surface area contributed by atoms with Crippen molar-refractivity contribution in [2.75, 3.05) is 20.2 Å². The van der Waals surface area contributed by atoms with Crippen LogP contribution in [0.1, 0.15) is 61.6 Å². The molecular formula is C36H45Cl2N3O7. The standard InChI is InChI=1S/C36H45Cl2N3O7/c1-41(20-30(43)34(46)35(47)31(44)21-42)33(45)9-5-2-6-22-16-29(38)23(17-28(22)37)18-40-36(13-14-36)27-19-39-15-12-25(27)26-7-3-4-8-32(26)48-24-10-11-24/h3-4,7-8,12,15-17,19,24,30-31,34-35,40,42-44,46-47H,2,5-6,9-11,13-14,18,20-21H2,1H3/t30-,31+,34+,35+/m1/s1. The van der Waals surface area contributed by atoms with Gasteiger partial charge in [0.05, 0.1) is 12.7 Å². The molecule has 10 nitrogen and oxygen atoms in total. The van der Waals surface area contributed by atoms with Crippen molar-refractivity contribution in [1.29, 1.82) is 0 Å². The summed E-state index contributed by atoms with van der Waals surface area (Å²) < 4.78 is 6.23. The van der Waals surface area contributed by atoms with Crippen molar-refractivity contribution in [3.8, 4) is 16.9 Å². The third-order valence-corrected chi connectivity index (χ3v) is 9.92. The zero-order valence-corrected chi connectivity index (χ0v) is 28.6. The number of benzene rings is 2. The van der Waals surface area contributed by atoms with Gasteiger partial charge < -0.3 is 40.5 Å². The molecule has 6 N–H and O–H groups in total. The number of rotatable bonds is 18. The fraction of sp³-hybridized carbons (Fsp3) is 0.500. The summed E-state index contributed by atoms with van der Waals surface area (Å²) in [6.07, 6.45) is 3.74. The number of halogens is 2. The lowest BCUT2D eigenvalue weighted by Gasteiger charge is -2.28. The molecule has 0 radical (unpaired) electrons. The molecule has 2 aliphatic carbocycles. The Labute approximate surface area is 291 Å². The number of ether oxygens (including phenoxy) is 1. The molecule has 12 heteroatoms. The second-order valence-corrected chi connectivity index (χ2v) is 13.8. The maximum absolute atomic E-state index is 12.6. The van der Waals surface area contributed by atoms with E-state index in [0.717, 1.165) is 59.3 Å². The number of aromatic nitrogens is 1. The van der Waals surface area contributed by atoms with E-state index in [1.54, 1.807) is 0 Å². The predicted octanol–water partition coefficient (Wildman–Crippen LogP) is 3.98. The van der Waals surface area contributed by atoms with Gasteiger partial charge >= 0.3 is 0 Å². The Morgan fingerprint density at radius 1 is 1.00 bits per heavy atom. The Morgan fingerprint density at radius 2 is 1.69 bits per heavy atom. The van der Waals surface area contributed by atoms with Gasteiger partial charge in [0.15, 0.2) is 0 Å². The van der Waals surface area contributed by atoms with E-state index >= 15 is 0 Å². The number of aliphatic hydroxyl groups excluding tert-OH is 5. The molecule has 260 valence electrons. The number of nitrogens with zero attached hydrogens (tertiary/aromatic N) is 2. The monoisotopic (exact) mass is 701 g/mol. The highest BCUT2D eigenvalue weighted by atomic mass is 35.5. The second kappa shape index (κ2) is 16.3. The molecule has 0 unspecified atom stereocenters. The maximum atomic E-state index is 12.6. The molecule has 1 amide bonds. The zero-order chi connectivity index (χ0) is 34.4. The summed E-state index contributed by atoms with van der Waals surface area (Å²) in [5.41, 5.74) is 4.89. The van der Waals surface area contributed by atoms with Crippen molar-refractivity contribution in [3.63, 3.8) is 0 Å². The van der Waals surface area contributed by atoms with E-state index in [-0.39, 0.29) is 24.4 Å². The molecule has 5 rings (SSSR count). The van der Waals surface area contributed by atoms with E-state index in [9.17, 15) is 25.2 Å². The Bertz CT molecular complexity index is 1550. The van der Waals surface area contributed by atoms with Crippen LogP contribution in [0.15, 0.2) is 54.9 Å². The largest absolute Gasteiger partial charge is 0.490 e. The third kappa shape index (κ3) is 9.05. The van der Waals surface area contributed by atoms with Crippen LogP contribution in [0.25, 0.3) is 11.1 Å². The van der Waals surface area contributed by atoms with E-state index in [1.807, 2.05) is 42.7 Å². The molecule has 2 fully saturated rings. The van der Waals surface area contributed by atoms with Crippen LogP contribution in [0.2, 0.25) is 10.0 Å². The quantitative estimate of drug-likeness (QED) is 0.108. The van der Waals surface area contributed by atoms with Crippen molar-refractivity contribution >= 4 is 29.1 Å². The normalized spacial score (nSPS) is 17.8. The number of pyridine rings is 1. The highest BCUT2D eigenvalue weighted by Gasteiger charge is 2.46. The highest BCUT2D eigenvalue weighted by molar-refractivity contribution is 6.34. The molecule has 0 saturated heterocycles. The Morgan fingerprint density at radius 3 is 2.40 bits per heavy atom. The number of likely N-dealkylation sites (N-methyl/N-ethyl adjacent to an activating group) is 1. The van der Waals surface area contributed by atoms with Crippen molar-refractivity contribution in [2.24, 2.45) is 0 Å². The molecule has 48 heavy (non-hydrogen) atoms. The summed E-state index contributed by atoms with van der Waals surface area (Å²) in [7, 11) is 1.49. The summed E-state index contributed by atoms with van der Waals surface area (Å²) in [5, 5.41) is 53.3. The van der Waals surface area contributed by atoms with Gasteiger partial charge in [-0.3, -0.25) is 9.78 Å². The molecular weight excluding hydrogens is 657 g/mol. The smallest absolute Gasteiger partial charge is 0.222 e.